The summed E-state index contributed by atoms with van der Waals surface area (Å²) in [6, 6.07) is 18.8. The van der Waals surface area contributed by atoms with E-state index >= 15 is 0 Å². The van der Waals surface area contributed by atoms with E-state index in [0.29, 0.717) is 24.3 Å². The molecule has 0 fully saturated rings. The van der Waals surface area contributed by atoms with Gasteiger partial charge in [0, 0.05) is 25.0 Å². The zero-order valence-electron chi connectivity index (χ0n) is 21.5. The maximum atomic E-state index is 11.0. The highest BCUT2D eigenvalue weighted by atomic mass is 16.6. The molecule has 2 N–H and O–H groups in total. The topological polar surface area (TPSA) is 125 Å². The summed E-state index contributed by atoms with van der Waals surface area (Å²) in [7, 11) is 0. The van der Waals surface area contributed by atoms with Crippen molar-refractivity contribution in [3.63, 3.8) is 0 Å². The first-order valence-electron chi connectivity index (χ1n) is 12.3. The predicted octanol–water partition coefficient (Wildman–Crippen LogP) is 3.40. The highest BCUT2D eigenvalue weighted by molar-refractivity contribution is 5.81. The highest BCUT2D eigenvalue weighted by Crippen LogP contribution is 2.20. The lowest BCUT2D eigenvalue weighted by Gasteiger charge is -2.12. The standard InChI is InChI=1S/C30H32O9/c1-3-29(33)37-19-23(31)17-35-25-9-5-21(6-10-25)15-27-13-14-28(39-27)16-22-7-11-26(12-8-22)36-18-24(32)20-38-30(34)4-2/h3-14,23-24,31-32H,1-2,15-20H2. The fourth-order valence-electron chi connectivity index (χ4n) is 3.38. The summed E-state index contributed by atoms with van der Waals surface area (Å²) < 4.78 is 26.6. The van der Waals surface area contributed by atoms with E-state index in [1.807, 2.05) is 36.4 Å². The van der Waals surface area contributed by atoms with Gasteiger partial charge in [0.05, 0.1) is 0 Å². The first kappa shape index (κ1) is 29.2. The van der Waals surface area contributed by atoms with Gasteiger partial charge in [-0.15, -0.1) is 0 Å². The minimum Gasteiger partial charge on any atom is -0.491 e. The third kappa shape index (κ3) is 10.5. The summed E-state index contributed by atoms with van der Waals surface area (Å²) in [6.07, 6.45) is 1.41. The molecule has 206 valence electrons. The number of aliphatic hydroxyl groups is 2. The number of rotatable bonds is 16. The van der Waals surface area contributed by atoms with Crippen molar-refractivity contribution in [2.24, 2.45) is 0 Å². The summed E-state index contributed by atoms with van der Waals surface area (Å²) in [6.45, 7) is 6.25. The number of carbonyl (C=O) groups excluding carboxylic acids is 2. The number of carbonyl (C=O) groups is 2. The van der Waals surface area contributed by atoms with Gasteiger partial charge in [-0.25, -0.2) is 9.59 Å². The molecule has 3 aromatic rings. The van der Waals surface area contributed by atoms with Crippen LogP contribution in [0.5, 0.6) is 11.5 Å². The van der Waals surface area contributed by atoms with Gasteiger partial charge < -0.3 is 33.6 Å². The quantitative estimate of drug-likeness (QED) is 0.209. The second-order valence-corrected chi connectivity index (χ2v) is 8.61. The van der Waals surface area contributed by atoms with Crippen LogP contribution in [0.1, 0.15) is 22.6 Å². The summed E-state index contributed by atoms with van der Waals surface area (Å²) >= 11 is 0. The summed E-state index contributed by atoms with van der Waals surface area (Å²) in [4.78, 5) is 22.1. The Morgan fingerprint density at radius 3 is 1.41 bits per heavy atom. The third-order valence-electron chi connectivity index (χ3n) is 5.37. The molecule has 0 aliphatic heterocycles. The zero-order valence-corrected chi connectivity index (χ0v) is 21.5. The van der Waals surface area contributed by atoms with Crippen molar-refractivity contribution in [2.75, 3.05) is 26.4 Å². The average Bonchev–Trinajstić information content (AvgIpc) is 3.40. The molecule has 0 amide bonds. The van der Waals surface area contributed by atoms with Gasteiger partial charge in [-0.3, -0.25) is 0 Å². The monoisotopic (exact) mass is 536 g/mol. The Kier molecular flexibility index (Phi) is 11.4. The van der Waals surface area contributed by atoms with Crippen LogP contribution in [0, 0.1) is 0 Å². The van der Waals surface area contributed by atoms with Crippen molar-refractivity contribution in [2.45, 2.75) is 25.0 Å². The Hall–Kier alpha value is -4.34. The number of furan rings is 1. The summed E-state index contributed by atoms with van der Waals surface area (Å²) in [5.41, 5.74) is 2.07. The number of hydrogen-bond donors (Lipinski definition) is 2. The Bertz CT molecular complexity index is 1120. The lowest BCUT2D eigenvalue weighted by Crippen LogP contribution is -2.24. The second kappa shape index (κ2) is 15.2. The molecule has 3 rings (SSSR count). The Balaban J connectivity index is 1.41. The minimum absolute atomic E-state index is 0.00635. The smallest absolute Gasteiger partial charge is 0.330 e. The first-order valence-corrected chi connectivity index (χ1v) is 12.3. The molecule has 1 heterocycles. The van der Waals surface area contributed by atoms with Crippen LogP contribution in [-0.2, 0) is 31.9 Å². The molecule has 1 aromatic heterocycles. The molecule has 0 aliphatic carbocycles. The number of benzene rings is 2. The average molecular weight is 537 g/mol. The third-order valence-corrected chi connectivity index (χ3v) is 5.37. The largest absolute Gasteiger partial charge is 0.491 e. The maximum absolute atomic E-state index is 11.0. The predicted molar refractivity (Wildman–Crippen MR) is 143 cm³/mol. The molecule has 0 radical (unpaired) electrons. The number of aliphatic hydroxyl groups excluding tert-OH is 2. The van der Waals surface area contributed by atoms with Gasteiger partial charge in [0.15, 0.2) is 0 Å². The number of ether oxygens (including phenoxy) is 4. The van der Waals surface area contributed by atoms with Crippen LogP contribution in [0.2, 0.25) is 0 Å². The molecule has 0 aliphatic rings. The molecular formula is C30H32O9. The highest BCUT2D eigenvalue weighted by Gasteiger charge is 2.10. The van der Waals surface area contributed by atoms with Crippen LogP contribution in [0.25, 0.3) is 0 Å². The van der Waals surface area contributed by atoms with Gasteiger partial charge in [-0.05, 0) is 47.5 Å². The van der Waals surface area contributed by atoms with Crippen molar-refractivity contribution in [1.29, 1.82) is 0 Å². The summed E-state index contributed by atoms with van der Waals surface area (Å²) in [5, 5.41) is 19.7. The van der Waals surface area contributed by atoms with Crippen molar-refractivity contribution in [1.82, 2.24) is 0 Å². The van der Waals surface area contributed by atoms with Crippen molar-refractivity contribution in [3.05, 3.63) is 109 Å². The molecule has 0 spiro atoms. The molecule has 2 unspecified atom stereocenters. The van der Waals surface area contributed by atoms with E-state index in [1.54, 1.807) is 24.3 Å². The zero-order chi connectivity index (χ0) is 28.0. The van der Waals surface area contributed by atoms with E-state index in [4.69, 9.17) is 23.4 Å². The van der Waals surface area contributed by atoms with Gasteiger partial charge in [0.1, 0.15) is 61.7 Å². The molecule has 9 heteroatoms. The Morgan fingerprint density at radius 1 is 0.667 bits per heavy atom. The molecule has 2 aromatic carbocycles. The van der Waals surface area contributed by atoms with E-state index in [-0.39, 0.29) is 26.4 Å². The van der Waals surface area contributed by atoms with E-state index in [0.717, 1.165) is 34.8 Å². The van der Waals surface area contributed by atoms with Gasteiger partial charge in [0.25, 0.3) is 0 Å². The number of esters is 2. The van der Waals surface area contributed by atoms with Crippen molar-refractivity contribution < 1.29 is 43.2 Å². The maximum Gasteiger partial charge on any atom is 0.330 e. The fourth-order valence-corrected chi connectivity index (χ4v) is 3.38. The SMILES string of the molecule is C=CC(=O)OCC(O)COc1ccc(Cc2ccc(Cc3ccc(OCC(O)COC(=O)C=C)cc3)o2)cc1. The van der Waals surface area contributed by atoms with Crippen molar-refractivity contribution in [3.8, 4) is 11.5 Å². The van der Waals surface area contributed by atoms with E-state index in [9.17, 15) is 19.8 Å². The van der Waals surface area contributed by atoms with Gasteiger partial charge in [-0.2, -0.15) is 0 Å². The normalized spacial score (nSPS) is 12.2. The van der Waals surface area contributed by atoms with Crippen LogP contribution in [0.4, 0.5) is 0 Å². The molecular weight excluding hydrogens is 504 g/mol. The molecule has 9 nitrogen and oxygen atoms in total. The van der Waals surface area contributed by atoms with Crippen LogP contribution in [-0.4, -0.2) is 60.8 Å². The lowest BCUT2D eigenvalue weighted by atomic mass is 10.1. The molecule has 0 saturated heterocycles. The Morgan fingerprint density at radius 2 is 1.05 bits per heavy atom. The van der Waals surface area contributed by atoms with Crippen LogP contribution in [0.15, 0.2) is 90.4 Å². The molecule has 0 saturated carbocycles. The van der Waals surface area contributed by atoms with E-state index in [1.165, 1.54) is 0 Å². The molecule has 2 atom stereocenters. The van der Waals surface area contributed by atoms with E-state index < -0.39 is 24.1 Å². The second-order valence-electron chi connectivity index (χ2n) is 8.61. The molecule has 39 heavy (non-hydrogen) atoms. The fraction of sp³-hybridized carbons (Fsp3) is 0.267. The van der Waals surface area contributed by atoms with Gasteiger partial charge >= 0.3 is 11.9 Å². The lowest BCUT2D eigenvalue weighted by molar-refractivity contribution is -0.142. The molecule has 0 bridgehead atoms. The minimum atomic E-state index is -0.938. The Labute approximate surface area is 226 Å². The first-order chi connectivity index (χ1) is 18.8. The van der Waals surface area contributed by atoms with Crippen LogP contribution in [0.3, 0.4) is 0 Å². The van der Waals surface area contributed by atoms with Crippen molar-refractivity contribution >= 4 is 11.9 Å². The summed E-state index contributed by atoms with van der Waals surface area (Å²) in [5.74, 6) is 1.63. The number of hydrogen-bond acceptors (Lipinski definition) is 9. The van der Waals surface area contributed by atoms with E-state index in [2.05, 4.69) is 13.2 Å². The van der Waals surface area contributed by atoms with Gasteiger partial charge in [0.2, 0.25) is 0 Å². The van der Waals surface area contributed by atoms with Crippen LogP contribution < -0.4 is 9.47 Å². The van der Waals surface area contributed by atoms with Crippen LogP contribution >= 0.6 is 0 Å². The van der Waals surface area contributed by atoms with Gasteiger partial charge in [-0.1, -0.05) is 37.4 Å².